The van der Waals surface area contributed by atoms with E-state index in [9.17, 15) is 4.79 Å². The zero-order valence-electron chi connectivity index (χ0n) is 11.7. The van der Waals surface area contributed by atoms with E-state index in [1.165, 1.54) is 0 Å². The second-order valence-corrected chi connectivity index (χ2v) is 5.56. The fourth-order valence-corrected chi connectivity index (χ4v) is 2.35. The second kappa shape index (κ2) is 6.97. The maximum Gasteiger partial charge on any atom is 0.216 e. The molecule has 4 nitrogen and oxygen atoms in total. The summed E-state index contributed by atoms with van der Waals surface area (Å²) in [5, 5.41) is 2.97. The molecule has 1 aliphatic rings. The molecule has 1 N–H and O–H groups in total. The number of nitrogens with zero attached hydrogens (tertiary/aromatic N) is 2. The molecule has 1 aliphatic heterocycles. The van der Waals surface area contributed by atoms with E-state index in [1.54, 1.807) is 6.92 Å². The van der Waals surface area contributed by atoms with E-state index in [1.807, 2.05) is 0 Å². The Labute approximate surface area is 105 Å². The van der Waals surface area contributed by atoms with Gasteiger partial charge in [0.1, 0.15) is 0 Å². The van der Waals surface area contributed by atoms with Gasteiger partial charge in [-0.1, -0.05) is 13.8 Å². The van der Waals surface area contributed by atoms with Crippen molar-refractivity contribution in [1.82, 2.24) is 15.1 Å². The van der Waals surface area contributed by atoms with Gasteiger partial charge in [-0.3, -0.25) is 9.69 Å². The van der Waals surface area contributed by atoms with Crippen molar-refractivity contribution in [2.24, 2.45) is 5.92 Å². The summed E-state index contributed by atoms with van der Waals surface area (Å²) >= 11 is 0. The largest absolute Gasteiger partial charge is 0.355 e. The lowest BCUT2D eigenvalue weighted by atomic mass is 10.0. The number of carbonyl (C=O) groups excluding carboxylic acids is 1. The molecular weight excluding hydrogens is 214 g/mol. The van der Waals surface area contributed by atoms with Gasteiger partial charge in [-0.15, -0.1) is 0 Å². The Bertz CT molecular complexity index is 235. The number of amides is 1. The van der Waals surface area contributed by atoms with Crippen LogP contribution < -0.4 is 5.32 Å². The van der Waals surface area contributed by atoms with Crippen LogP contribution in [0, 0.1) is 5.92 Å². The molecule has 4 heteroatoms. The van der Waals surface area contributed by atoms with E-state index in [0.29, 0.717) is 12.0 Å². The smallest absolute Gasteiger partial charge is 0.216 e. The first-order valence-electron chi connectivity index (χ1n) is 6.66. The monoisotopic (exact) mass is 241 g/mol. The van der Waals surface area contributed by atoms with Crippen molar-refractivity contribution in [3.05, 3.63) is 0 Å². The van der Waals surface area contributed by atoms with Crippen molar-refractivity contribution in [2.75, 3.05) is 39.8 Å². The van der Waals surface area contributed by atoms with Crippen molar-refractivity contribution in [3.63, 3.8) is 0 Å². The van der Waals surface area contributed by atoms with E-state index in [0.717, 1.165) is 39.1 Å². The summed E-state index contributed by atoms with van der Waals surface area (Å²) < 4.78 is 0. The van der Waals surface area contributed by atoms with Crippen LogP contribution in [0.1, 0.15) is 27.2 Å². The van der Waals surface area contributed by atoms with Crippen molar-refractivity contribution in [1.29, 1.82) is 0 Å². The molecule has 17 heavy (non-hydrogen) atoms. The van der Waals surface area contributed by atoms with Gasteiger partial charge in [0, 0.05) is 45.7 Å². The number of likely N-dealkylation sites (N-methyl/N-ethyl adjacent to an activating group) is 1. The first-order valence-corrected chi connectivity index (χ1v) is 6.66. The Balaban J connectivity index is 2.46. The number of carbonyl (C=O) groups is 1. The number of hydrogen-bond acceptors (Lipinski definition) is 3. The molecule has 0 aliphatic carbocycles. The highest BCUT2D eigenvalue weighted by Gasteiger charge is 2.23. The molecule has 1 amide bonds. The van der Waals surface area contributed by atoms with Crippen LogP contribution in [0.4, 0.5) is 0 Å². The molecule has 0 aromatic heterocycles. The summed E-state index contributed by atoms with van der Waals surface area (Å²) in [7, 11) is 2.17. The van der Waals surface area contributed by atoms with E-state index in [4.69, 9.17) is 0 Å². The lowest BCUT2D eigenvalue weighted by Gasteiger charge is -2.38. The van der Waals surface area contributed by atoms with Gasteiger partial charge < -0.3 is 10.2 Å². The predicted octanol–water partition coefficient (Wildman–Crippen LogP) is 0.785. The fourth-order valence-electron chi connectivity index (χ4n) is 2.35. The molecule has 1 saturated heterocycles. The highest BCUT2D eigenvalue weighted by atomic mass is 16.1. The van der Waals surface area contributed by atoms with E-state index < -0.39 is 0 Å². The number of rotatable bonds is 5. The van der Waals surface area contributed by atoms with Crippen molar-refractivity contribution < 1.29 is 4.79 Å². The molecule has 0 aromatic rings. The zero-order chi connectivity index (χ0) is 12.8. The van der Waals surface area contributed by atoms with Gasteiger partial charge in [-0.05, 0) is 19.4 Å². The number of nitrogens with one attached hydrogen (secondary N) is 1. The van der Waals surface area contributed by atoms with Crippen LogP contribution in [-0.4, -0.2) is 61.5 Å². The molecule has 0 bridgehead atoms. The first-order chi connectivity index (χ1) is 7.99. The molecule has 1 rings (SSSR count). The topological polar surface area (TPSA) is 35.6 Å². The first kappa shape index (κ1) is 14.5. The predicted molar refractivity (Wildman–Crippen MR) is 71.0 cm³/mol. The fraction of sp³-hybridized carbons (Fsp3) is 0.923. The van der Waals surface area contributed by atoms with Crippen molar-refractivity contribution in [3.8, 4) is 0 Å². The molecule has 0 spiro atoms. The SMILES string of the molecule is CC(=O)NCC(CC(C)C)N1CCN(C)CC1. The minimum atomic E-state index is 0.0767. The Hall–Kier alpha value is -0.610. The summed E-state index contributed by atoms with van der Waals surface area (Å²) in [6.45, 7) is 11.4. The van der Waals surface area contributed by atoms with Gasteiger partial charge in [-0.2, -0.15) is 0 Å². The number of hydrogen-bond donors (Lipinski definition) is 1. The van der Waals surface area contributed by atoms with Crippen LogP contribution in [-0.2, 0) is 4.79 Å². The summed E-state index contributed by atoms with van der Waals surface area (Å²) in [6, 6.07) is 0.493. The Morgan fingerprint density at radius 3 is 2.29 bits per heavy atom. The van der Waals surface area contributed by atoms with Crippen molar-refractivity contribution in [2.45, 2.75) is 33.2 Å². The van der Waals surface area contributed by atoms with Gasteiger partial charge in [0.25, 0.3) is 0 Å². The summed E-state index contributed by atoms with van der Waals surface area (Å²) in [4.78, 5) is 15.9. The van der Waals surface area contributed by atoms with E-state index >= 15 is 0 Å². The minimum Gasteiger partial charge on any atom is -0.355 e. The van der Waals surface area contributed by atoms with E-state index in [-0.39, 0.29) is 5.91 Å². The molecule has 0 saturated carbocycles. The highest BCUT2D eigenvalue weighted by Crippen LogP contribution is 2.13. The highest BCUT2D eigenvalue weighted by molar-refractivity contribution is 5.72. The lowest BCUT2D eigenvalue weighted by Crippen LogP contribution is -2.52. The quantitative estimate of drug-likeness (QED) is 0.773. The normalized spacial score (nSPS) is 20.5. The van der Waals surface area contributed by atoms with Gasteiger partial charge in [0.05, 0.1) is 0 Å². The van der Waals surface area contributed by atoms with Crippen molar-refractivity contribution >= 4 is 5.91 Å². The van der Waals surface area contributed by atoms with Crippen LogP contribution >= 0.6 is 0 Å². The van der Waals surface area contributed by atoms with Gasteiger partial charge in [-0.25, -0.2) is 0 Å². The molecule has 100 valence electrons. The summed E-state index contributed by atoms with van der Waals surface area (Å²) in [6.07, 6.45) is 1.16. The maximum absolute atomic E-state index is 11.0. The molecule has 1 heterocycles. The Morgan fingerprint density at radius 1 is 1.24 bits per heavy atom. The van der Waals surface area contributed by atoms with Crippen LogP contribution in [0.3, 0.4) is 0 Å². The van der Waals surface area contributed by atoms with Gasteiger partial charge in [0.2, 0.25) is 5.91 Å². The Morgan fingerprint density at radius 2 is 1.82 bits per heavy atom. The third-order valence-corrected chi connectivity index (χ3v) is 3.38. The average molecular weight is 241 g/mol. The minimum absolute atomic E-state index is 0.0767. The average Bonchev–Trinajstić information content (AvgIpc) is 2.25. The molecule has 0 radical (unpaired) electrons. The molecule has 1 fully saturated rings. The van der Waals surface area contributed by atoms with Crippen LogP contribution in [0.25, 0.3) is 0 Å². The third kappa shape index (κ3) is 5.50. The van der Waals surface area contributed by atoms with Gasteiger partial charge in [0.15, 0.2) is 0 Å². The number of piperazine rings is 1. The molecular formula is C13H27N3O. The Kier molecular flexibility index (Phi) is 5.92. The second-order valence-electron chi connectivity index (χ2n) is 5.56. The van der Waals surface area contributed by atoms with Crippen LogP contribution in [0.15, 0.2) is 0 Å². The molecule has 1 atom stereocenters. The summed E-state index contributed by atoms with van der Waals surface area (Å²) in [5.74, 6) is 0.751. The molecule has 0 aromatic carbocycles. The summed E-state index contributed by atoms with van der Waals surface area (Å²) in [5.41, 5.74) is 0. The third-order valence-electron chi connectivity index (χ3n) is 3.38. The van der Waals surface area contributed by atoms with Crippen LogP contribution in [0.5, 0.6) is 0 Å². The zero-order valence-corrected chi connectivity index (χ0v) is 11.7. The van der Waals surface area contributed by atoms with E-state index in [2.05, 4.69) is 36.0 Å². The lowest BCUT2D eigenvalue weighted by molar-refractivity contribution is -0.119. The van der Waals surface area contributed by atoms with Gasteiger partial charge >= 0.3 is 0 Å². The maximum atomic E-state index is 11.0. The molecule has 1 unspecified atom stereocenters. The standard InChI is InChI=1S/C13H27N3O/c1-11(2)9-13(10-14-12(3)17)16-7-5-15(4)6-8-16/h11,13H,5-10H2,1-4H3,(H,14,17). The van der Waals surface area contributed by atoms with Crippen LogP contribution in [0.2, 0.25) is 0 Å².